The predicted molar refractivity (Wildman–Crippen MR) is 82.4 cm³/mol. The first kappa shape index (κ1) is 15.6. The second-order valence-electron chi connectivity index (χ2n) is 5.95. The molecule has 0 saturated heterocycles. The van der Waals surface area contributed by atoms with Crippen LogP contribution in [0.3, 0.4) is 0 Å². The zero-order valence-electron chi connectivity index (χ0n) is 12.8. The Kier molecular flexibility index (Phi) is 3.66. The number of hydrogen-bond acceptors (Lipinski definition) is 1. The number of hydrogen-bond donors (Lipinski definition) is 1. The van der Waals surface area contributed by atoms with Crippen molar-refractivity contribution in [2.45, 2.75) is 32.4 Å². The van der Waals surface area contributed by atoms with Gasteiger partial charge < -0.3 is 5.32 Å². The number of alkyl halides is 3. The number of aryl methyl sites for hydroxylation is 2. The molecule has 5 heteroatoms. The van der Waals surface area contributed by atoms with Gasteiger partial charge in [0.2, 0.25) is 5.91 Å². The van der Waals surface area contributed by atoms with E-state index in [1.54, 1.807) is 6.07 Å². The molecule has 0 fully saturated rings. The van der Waals surface area contributed by atoms with Gasteiger partial charge in [0.15, 0.2) is 0 Å². The molecule has 3 rings (SSSR count). The fraction of sp³-hybridized carbons (Fsp3) is 0.278. The van der Waals surface area contributed by atoms with Gasteiger partial charge in [-0.05, 0) is 48.2 Å². The fourth-order valence-electron chi connectivity index (χ4n) is 2.96. The molecule has 0 saturated carbocycles. The Morgan fingerprint density at radius 2 is 1.78 bits per heavy atom. The van der Waals surface area contributed by atoms with Crippen molar-refractivity contribution in [3.8, 4) is 0 Å². The Balaban J connectivity index is 2.11. The molecule has 1 atom stereocenters. The highest BCUT2D eigenvalue weighted by molar-refractivity contribution is 5.95. The Hall–Kier alpha value is -2.30. The topological polar surface area (TPSA) is 29.1 Å². The van der Waals surface area contributed by atoms with Crippen molar-refractivity contribution in [1.29, 1.82) is 0 Å². The lowest BCUT2D eigenvalue weighted by Crippen LogP contribution is -2.24. The number of benzene rings is 2. The minimum atomic E-state index is -4.39. The number of carbonyl (C=O) groups is 1. The minimum absolute atomic E-state index is 0.150. The monoisotopic (exact) mass is 319 g/mol. The normalized spacial score (nSPS) is 17.6. The molecule has 2 nitrogen and oxygen atoms in total. The van der Waals surface area contributed by atoms with E-state index in [2.05, 4.69) is 5.32 Å². The lowest BCUT2D eigenvalue weighted by molar-refractivity contribution is -0.137. The van der Waals surface area contributed by atoms with Crippen LogP contribution >= 0.6 is 0 Å². The summed E-state index contributed by atoms with van der Waals surface area (Å²) in [6.45, 7) is 3.89. The van der Waals surface area contributed by atoms with Crippen molar-refractivity contribution >= 4 is 11.6 Å². The minimum Gasteiger partial charge on any atom is -0.326 e. The van der Waals surface area contributed by atoms with E-state index < -0.39 is 11.7 Å². The second kappa shape index (κ2) is 5.41. The van der Waals surface area contributed by atoms with Crippen LogP contribution in [0.25, 0.3) is 0 Å². The molecule has 1 amide bonds. The maximum absolute atomic E-state index is 12.9. The van der Waals surface area contributed by atoms with Gasteiger partial charge in [0.05, 0.1) is 5.56 Å². The molecule has 0 bridgehead atoms. The smallest absolute Gasteiger partial charge is 0.326 e. The molecule has 0 spiro atoms. The van der Waals surface area contributed by atoms with Gasteiger partial charge in [-0.1, -0.05) is 24.3 Å². The highest BCUT2D eigenvalue weighted by Gasteiger charge is 2.32. The third kappa shape index (κ3) is 2.96. The van der Waals surface area contributed by atoms with E-state index >= 15 is 0 Å². The highest BCUT2D eigenvalue weighted by Crippen LogP contribution is 2.40. The van der Waals surface area contributed by atoms with Crippen molar-refractivity contribution in [3.63, 3.8) is 0 Å². The summed E-state index contributed by atoms with van der Waals surface area (Å²) in [5, 5.41) is 2.81. The first-order valence-electron chi connectivity index (χ1n) is 7.34. The van der Waals surface area contributed by atoms with Gasteiger partial charge in [0.25, 0.3) is 0 Å². The van der Waals surface area contributed by atoms with E-state index in [9.17, 15) is 18.0 Å². The average molecular weight is 319 g/mol. The molecule has 120 valence electrons. The van der Waals surface area contributed by atoms with Crippen LogP contribution in [-0.4, -0.2) is 5.91 Å². The van der Waals surface area contributed by atoms with Crippen molar-refractivity contribution in [3.05, 3.63) is 64.2 Å². The van der Waals surface area contributed by atoms with Crippen LogP contribution in [0, 0.1) is 13.8 Å². The van der Waals surface area contributed by atoms with E-state index in [4.69, 9.17) is 0 Å². The summed E-state index contributed by atoms with van der Waals surface area (Å²) in [5.41, 5.74) is 3.47. The summed E-state index contributed by atoms with van der Waals surface area (Å²) < 4.78 is 38.8. The number of fused-ring (bicyclic) bond motifs is 1. The van der Waals surface area contributed by atoms with Gasteiger partial charge in [0, 0.05) is 18.0 Å². The van der Waals surface area contributed by atoms with E-state index in [0.29, 0.717) is 11.3 Å². The Morgan fingerprint density at radius 3 is 2.48 bits per heavy atom. The van der Waals surface area contributed by atoms with E-state index in [1.165, 1.54) is 6.07 Å². The fourth-order valence-corrected chi connectivity index (χ4v) is 2.96. The maximum atomic E-state index is 12.9. The van der Waals surface area contributed by atoms with Crippen molar-refractivity contribution in [2.24, 2.45) is 0 Å². The van der Waals surface area contributed by atoms with Crippen molar-refractivity contribution in [1.82, 2.24) is 0 Å². The second-order valence-corrected chi connectivity index (χ2v) is 5.95. The van der Waals surface area contributed by atoms with Crippen LogP contribution in [0.5, 0.6) is 0 Å². The van der Waals surface area contributed by atoms with Gasteiger partial charge in [0.1, 0.15) is 0 Å². The lowest BCUT2D eigenvalue weighted by Gasteiger charge is -2.27. The summed E-state index contributed by atoms with van der Waals surface area (Å²) in [7, 11) is 0. The zero-order valence-corrected chi connectivity index (χ0v) is 12.8. The standard InChI is InChI=1S/C18H16F3NO/c1-10-6-15-14(9-17(23)22-16(15)7-11(10)2)12-4-3-5-13(8-12)18(19,20)21/h3-8,14H,9H2,1-2H3,(H,22,23)/t14-/m1/s1. The summed E-state index contributed by atoms with van der Waals surface area (Å²) in [6, 6.07) is 9.07. The number of nitrogens with one attached hydrogen (secondary N) is 1. The molecule has 0 aromatic heterocycles. The molecular weight excluding hydrogens is 303 g/mol. The van der Waals surface area contributed by atoms with E-state index in [0.717, 1.165) is 28.8 Å². The lowest BCUT2D eigenvalue weighted by atomic mass is 9.83. The van der Waals surface area contributed by atoms with Crippen LogP contribution in [-0.2, 0) is 11.0 Å². The highest BCUT2D eigenvalue weighted by atomic mass is 19.4. The first-order chi connectivity index (χ1) is 10.8. The van der Waals surface area contributed by atoms with Gasteiger partial charge >= 0.3 is 6.18 Å². The third-order valence-corrected chi connectivity index (χ3v) is 4.32. The number of anilines is 1. The van der Waals surface area contributed by atoms with E-state index in [1.807, 2.05) is 26.0 Å². The molecule has 2 aromatic carbocycles. The summed E-state index contributed by atoms with van der Waals surface area (Å²) >= 11 is 0. The molecule has 1 aliphatic heterocycles. The van der Waals surface area contributed by atoms with E-state index in [-0.39, 0.29) is 18.2 Å². The van der Waals surface area contributed by atoms with Crippen LogP contribution in [0.2, 0.25) is 0 Å². The van der Waals surface area contributed by atoms with Gasteiger partial charge in [-0.2, -0.15) is 13.2 Å². The molecule has 1 aliphatic rings. The molecule has 0 aliphatic carbocycles. The maximum Gasteiger partial charge on any atom is 0.416 e. The average Bonchev–Trinajstić information content (AvgIpc) is 2.47. The summed E-state index contributed by atoms with van der Waals surface area (Å²) in [4.78, 5) is 12.0. The molecule has 2 aromatic rings. The van der Waals surface area contributed by atoms with Crippen LogP contribution in [0.4, 0.5) is 18.9 Å². The quantitative estimate of drug-likeness (QED) is 0.804. The zero-order chi connectivity index (χ0) is 16.8. The Labute approximate surface area is 132 Å². The number of carbonyl (C=O) groups excluding carboxylic acids is 1. The molecular formula is C18H16F3NO. The molecule has 23 heavy (non-hydrogen) atoms. The van der Waals surface area contributed by atoms with Gasteiger partial charge in [-0.15, -0.1) is 0 Å². The molecule has 1 heterocycles. The van der Waals surface area contributed by atoms with Crippen molar-refractivity contribution < 1.29 is 18.0 Å². The number of rotatable bonds is 1. The number of amides is 1. The molecule has 1 N–H and O–H groups in total. The molecule has 0 radical (unpaired) electrons. The summed E-state index contributed by atoms with van der Waals surface area (Å²) in [6.07, 6.45) is -4.24. The van der Waals surface area contributed by atoms with Crippen LogP contribution in [0.15, 0.2) is 36.4 Å². The Morgan fingerprint density at radius 1 is 1.09 bits per heavy atom. The SMILES string of the molecule is Cc1cc2c(cc1C)[C@@H](c1cccc(C(F)(F)F)c1)CC(=O)N2. The molecule has 0 unspecified atom stereocenters. The Bertz CT molecular complexity index is 780. The summed E-state index contributed by atoms with van der Waals surface area (Å²) in [5.74, 6) is -0.538. The van der Waals surface area contributed by atoms with Gasteiger partial charge in [-0.3, -0.25) is 4.79 Å². The van der Waals surface area contributed by atoms with Gasteiger partial charge in [-0.25, -0.2) is 0 Å². The first-order valence-corrected chi connectivity index (χ1v) is 7.34. The van der Waals surface area contributed by atoms with Crippen molar-refractivity contribution in [2.75, 3.05) is 5.32 Å². The van der Waals surface area contributed by atoms with Crippen LogP contribution in [0.1, 0.15) is 40.2 Å². The largest absolute Gasteiger partial charge is 0.416 e. The van der Waals surface area contributed by atoms with Crippen LogP contribution < -0.4 is 5.32 Å². The third-order valence-electron chi connectivity index (χ3n) is 4.32. The predicted octanol–water partition coefficient (Wildman–Crippen LogP) is 4.80. The number of halogens is 3.